The fraction of sp³-hybridized carbons (Fsp3) is 0.0833. The van der Waals surface area contributed by atoms with Gasteiger partial charge in [0, 0.05) is 11.1 Å². The summed E-state index contributed by atoms with van der Waals surface area (Å²) in [6.07, 6.45) is 0. The Morgan fingerprint density at radius 3 is 2.44 bits per heavy atom. The van der Waals surface area contributed by atoms with E-state index in [-0.39, 0.29) is 11.5 Å². The number of anilines is 1. The molecule has 0 fully saturated rings. The molecule has 6 heteroatoms. The van der Waals surface area contributed by atoms with Crippen molar-refractivity contribution in [1.82, 2.24) is 4.98 Å². The summed E-state index contributed by atoms with van der Waals surface area (Å²) >= 11 is 1.40. The van der Waals surface area contributed by atoms with Crippen molar-refractivity contribution in [3.05, 3.63) is 45.9 Å². The maximum Gasteiger partial charge on any atom is 0.335 e. The van der Waals surface area contributed by atoms with Crippen LogP contribution in [0.15, 0.2) is 29.6 Å². The van der Waals surface area contributed by atoms with Crippen LogP contribution in [0.5, 0.6) is 0 Å². The number of carbonyl (C=O) groups excluding carboxylic acids is 1. The minimum absolute atomic E-state index is 0.178. The first-order valence-electron chi connectivity index (χ1n) is 5.13. The molecule has 0 aliphatic heterocycles. The number of aromatic carboxylic acids is 1. The van der Waals surface area contributed by atoms with Crippen molar-refractivity contribution in [1.29, 1.82) is 0 Å². The van der Waals surface area contributed by atoms with Gasteiger partial charge in [-0.05, 0) is 31.2 Å². The summed E-state index contributed by atoms with van der Waals surface area (Å²) in [6.45, 7) is 1.82. The molecule has 0 radical (unpaired) electrons. The highest BCUT2D eigenvalue weighted by molar-refractivity contribution is 7.09. The molecule has 18 heavy (non-hydrogen) atoms. The van der Waals surface area contributed by atoms with E-state index in [1.807, 2.05) is 6.92 Å². The molecule has 0 saturated carbocycles. The molecule has 0 spiro atoms. The van der Waals surface area contributed by atoms with Crippen LogP contribution in [-0.4, -0.2) is 22.0 Å². The third kappa shape index (κ3) is 2.72. The maximum absolute atomic E-state index is 11.8. The number of carboxylic acids is 1. The molecule has 1 amide bonds. The largest absolute Gasteiger partial charge is 0.478 e. The predicted octanol–water partition coefficient (Wildman–Crippen LogP) is 2.40. The summed E-state index contributed by atoms with van der Waals surface area (Å²) in [6, 6.07) is 5.95. The van der Waals surface area contributed by atoms with Crippen LogP contribution < -0.4 is 5.32 Å². The molecule has 1 aromatic heterocycles. The molecular formula is C12H10N2O3S. The summed E-state index contributed by atoms with van der Waals surface area (Å²) in [5.74, 6) is -1.30. The van der Waals surface area contributed by atoms with Crippen molar-refractivity contribution in [3.63, 3.8) is 0 Å². The van der Waals surface area contributed by atoms with Gasteiger partial charge in [0.05, 0.1) is 10.6 Å². The maximum atomic E-state index is 11.8. The second-order valence-corrected chi connectivity index (χ2v) is 4.65. The van der Waals surface area contributed by atoms with E-state index in [0.29, 0.717) is 11.4 Å². The van der Waals surface area contributed by atoms with Gasteiger partial charge in [0.15, 0.2) is 0 Å². The molecule has 0 aliphatic carbocycles. The molecule has 1 aromatic carbocycles. The highest BCUT2D eigenvalue weighted by Gasteiger charge is 2.10. The smallest absolute Gasteiger partial charge is 0.335 e. The van der Waals surface area contributed by atoms with E-state index in [1.165, 1.54) is 23.5 Å². The molecule has 0 aliphatic rings. The Morgan fingerprint density at radius 1 is 1.28 bits per heavy atom. The molecular weight excluding hydrogens is 252 g/mol. The van der Waals surface area contributed by atoms with Gasteiger partial charge in [-0.3, -0.25) is 4.79 Å². The van der Waals surface area contributed by atoms with Gasteiger partial charge in [0.25, 0.3) is 5.91 Å². The summed E-state index contributed by atoms with van der Waals surface area (Å²) in [5, 5.41) is 13.9. The second-order valence-electron chi connectivity index (χ2n) is 3.59. The number of aromatic nitrogens is 1. The lowest BCUT2D eigenvalue weighted by Crippen LogP contribution is -2.12. The van der Waals surface area contributed by atoms with Crippen LogP contribution in [0.3, 0.4) is 0 Å². The van der Waals surface area contributed by atoms with Crippen LogP contribution in [0, 0.1) is 6.92 Å². The lowest BCUT2D eigenvalue weighted by atomic mass is 10.2. The van der Waals surface area contributed by atoms with Crippen LogP contribution in [0.4, 0.5) is 5.69 Å². The number of rotatable bonds is 3. The third-order valence-corrected chi connectivity index (χ3v) is 3.01. The first kappa shape index (κ1) is 12.3. The number of nitrogens with zero attached hydrogens (tertiary/aromatic N) is 1. The number of aryl methyl sites for hydroxylation is 1. The molecule has 0 atom stereocenters. The molecule has 2 aromatic rings. The van der Waals surface area contributed by atoms with Crippen molar-refractivity contribution in [3.8, 4) is 0 Å². The van der Waals surface area contributed by atoms with Gasteiger partial charge in [-0.1, -0.05) is 0 Å². The fourth-order valence-electron chi connectivity index (χ4n) is 1.36. The van der Waals surface area contributed by atoms with Gasteiger partial charge in [0.1, 0.15) is 5.69 Å². The molecule has 0 unspecified atom stereocenters. The highest BCUT2D eigenvalue weighted by atomic mass is 32.1. The minimum Gasteiger partial charge on any atom is -0.478 e. The first-order chi connectivity index (χ1) is 8.56. The van der Waals surface area contributed by atoms with Crippen LogP contribution >= 0.6 is 11.3 Å². The standard InChI is InChI=1S/C12H10N2O3S/c1-7-13-10(6-18-7)11(15)14-9-4-2-8(3-5-9)12(16)17/h2-6H,1H3,(H,14,15)(H,16,17). The summed E-state index contributed by atoms with van der Waals surface area (Å²) in [4.78, 5) is 26.5. The van der Waals surface area contributed by atoms with E-state index in [0.717, 1.165) is 5.01 Å². The number of carboxylic acid groups (broad SMARTS) is 1. The summed E-state index contributed by atoms with van der Waals surface area (Å²) in [7, 11) is 0. The Hall–Kier alpha value is -2.21. The van der Waals surface area contributed by atoms with E-state index >= 15 is 0 Å². The van der Waals surface area contributed by atoms with Gasteiger partial charge in [-0.2, -0.15) is 0 Å². The summed E-state index contributed by atoms with van der Waals surface area (Å²) in [5.41, 5.74) is 1.08. The molecule has 2 rings (SSSR count). The lowest BCUT2D eigenvalue weighted by molar-refractivity contribution is 0.0696. The van der Waals surface area contributed by atoms with Gasteiger partial charge < -0.3 is 10.4 Å². The Labute approximate surface area is 107 Å². The van der Waals surface area contributed by atoms with Crippen molar-refractivity contribution < 1.29 is 14.7 Å². The number of carbonyl (C=O) groups is 2. The van der Waals surface area contributed by atoms with Crippen molar-refractivity contribution in [2.45, 2.75) is 6.92 Å². The van der Waals surface area contributed by atoms with Crippen LogP contribution in [-0.2, 0) is 0 Å². The number of nitrogens with one attached hydrogen (secondary N) is 1. The SMILES string of the molecule is Cc1nc(C(=O)Nc2ccc(C(=O)O)cc2)cs1. The number of hydrogen-bond acceptors (Lipinski definition) is 4. The molecule has 5 nitrogen and oxygen atoms in total. The Balaban J connectivity index is 2.10. The average molecular weight is 262 g/mol. The van der Waals surface area contributed by atoms with Crippen molar-refractivity contribution in [2.75, 3.05) is 5.32 Å². The van der Waals surface area contributed by atoms with Gasteiger partial charge in [-0.15, -0.1) is 11.3 Å². The van der Waals surface area contributed by atoms with E-state index in [1.54, 1.807) is 17.5 Å². The van der Waals surface area contributed by atoms with Crippen molar-refractivity contribution in [2.24, 2.45) is 0 Å². The molecule has 92 valence electrons. The molecule has 0 bridgehead atoms. The number of benzene rings is 1. The Bertz CT molecular complexity index is 590. The molecule has 1 heterocycles. The quantitative estimate of drug-likeness (QED) is 0.890. The van der Waals surface area contributed by atoms with E-state index in [4.69, 9.17) is 5.11 Å². The Morgan fingerprint density at radius 2 is 1.94 bits per heavy atom. The zero-order chi connectivity index (χ0) is 13.1. The van der Waals surface area contributed by atoms with Gasteiger partial charge in [-0.25, -0.2) is 9.78 Å². The number of amides is 1. The van der Waals surface area contributed by atoms with Crippen LogP contribution in [0.2, 0.25) is 0 Å². The molecule has 0 saturated heterocycles. The zero-order valence-electron chi connectivity index (χ0n) is 9.51. The third-order valence-electron chi connectivity index (χ3n) is 2.24. The van der Waals surface area contributed by atoms with E-state index in [9.17, 15) is 9.59 Å². The van der Waals surface area contributed by atoms with Gasteiger partial charge >= 0.3 is 5.97 Å². The first-order valence-corrected chi connectivity index (χ1v) is 6.01. The fourth-order valence-corrected chi connectivity index (χ4v) is 1.95. The summed E-state index contributed by atoms with van der Waals surface area (Å²) < 4.78 is 0. The second kappa shape index (κ2) is 4.97. The van der Waals surface area contributed by atoms with E-state index in [2.05, 4.69) is 10.3 Å². The Kier molecular flexibility index (Phi) is 3.38. The molecule has 2 N–H and O–H groups in total. The lowest BCUT2D eigenvalue weighted by Gasteiger charge is -2.03. The van der Waals surface area contributed by atoms with Crippen molar-refractivity contribution >= 4 is 28.9 Å². The monoisotopic (exact) mass is 262 g/mol. The topological polar surface area (TPSA) is 79.3 Å². The number of hydrogen-bond donors (Lipinski definition) is 2. The zero-order valence-corrected chi connectivity index (χ0v) is 10.3. The van der Waals surface area contributed by atoms with E-state index < -0.39 is 5.97 Å². The van der Waals surface area contributed by atoms with Crippen LogP contribution in [0.1, 0.15) is 25.9 Å². The predicted molar refractivity (Wildman–Crippen MR) is 68.2 cm³/mol. The normalized spacial score (nSPS) is 10.1. The minimum atomic E-state index is -0.997. The highest BCUT2D eigenvalue weighted by Crippen LogP contribution is 2.13. The van der Waals surface area contributed by atoms with Crippen LogP contribution in [0.25, 0.3) is 0 Å². The van der Waals surface area contributed by atoms with Gasteiger partial charge in [0.2, 0.25) is 0 Å². The number of thiazole rings is 1. The average Bonchev–Trinajstić information content (AvgIpc) is 2.76.